The van der Waals surface area contributed by atoms with Crippen molar-refractivity contribution in [3.8, 4) is 0 Å². The summed E-state index contributed by atoms with van der Waals surface area (Å²) in [7, 11) is 0. The van der Waals surface area contributed by atoms with Crippen LogP contribution in [0, 0.1) is 0 Å². The van der Waals surface area contributed by atoms with Gasteiger partial charge in [0.25, 0.3) is 5.91 Å². The second-order valence-electron chi connectivity index (χ2n) is 5.74. The zero-order chi connectivity index (χ0) is 14.9. The van der Waals surface area contributed by atoms with E-state index in [1.165, 1.54) is 44.1 Å². The van der Waals surface area contributed by atoms with E-state index in [4.69, 9.17) is 0 Å². The molecule has 2 rings (SSSR count). The molecule has 1 aromatic carbocycles. The van der Waals surface area contributed by atoms with Crippen molar-refractivity contribution in [1.29, 1.82) is 0 Å². The first kappa shape index (κ1) is 15.8. The molecule has 1 heterocycles. The summed E-state index contributed by atoms with van der Waals surface area (Å²) in [4.78, 5) is 11.5. The number of unbranched alkanes of at least 4 members (excludes halogenated alkanes) is 5. The van der Waals surface area contributed by atoms with Gasteiger partial charge in [0.05, 0.1) is 0 Å². The van der Waals surface area contributed by atoms with Crippen LogP contribution in [0.15, 0.2) is 29.8 Å². The highest BCUT2D eigenvalue weighted by atomic mass is 16.2. The molecule has 114 valence electrons. The number of amides is 1. The van der Waals surface area contributed by atoms with Gasteiger partial charge in [0.1, 0.15) is 0 Å². The van der Waals surface area contributed by atoms with E-state index in [2.05, 4.69) is 42.0 Å². The van der Waals surface area contributed by atoms with Crippen LogP contribution >= 0.6 is 0 Å². The maximum atomic E-state index is 11.5. The van der Waals surface area contributed by atoms with E-state index in [0.29, 0.717) is 6.54 Å². The van der Waals surface area contributed by atoms with Crippen LogP contribution in [-0.4, -0.2) is 12.5 Å². The Hall–Kier alpha value is -1.61. The number of aryl methyl sites for hydroxylation is 1. The lowest BCUT2D eigenvalue weighted by Crippen LogP contribution is -2.25. The maximum absolute atomic E-state index is 11.5. The van der Waals surface area contributed by atoms with Gasteiger partial charge in [-0.2, -0.15) is 0 Å². The Morgan fingerprint density at radius 1 is 1.05 bits per heavy atom. The second kappa shape index (κ2) is 8.63. The molecule has 1 saturated heterocycles. The Balaban J connectivity index is 1.75. The molecule has 1 aliphatic heterocycles. The normalized spacial score (nSPS) is 16.4. The monoisotopic (exact) mass is 286 g/mol. The van der Waals surface area contributed by atoms with Crippen LogP contribution in [-0.2, 0) is 11.2 Å². The van der Waals surface area contributed by atoms with E-state index in [9.17, 15) is 4.79 Å². The molecule has 0 bridgehead atoms. The Kier molecular flexibility index (Phi) is 6.48. The van der Waals surface area contributed by atoms with Gasteiger partial charge in [0.2, 0.25) is 0 Å². The largest absolute Gasteiger partial charge is 0.287 e. The van der Waals surface area contributed by atoms with Crippen LogP contribution in [0.4, 0.5) is 0 Å². The molecular weight excluding hydrogens is 260 g/mol. The number of carbonyl (C=O) groups excluding carboxylic acids is 1. The van der Waals surface area contributed by atoms with Crippen molar-refractivity contribution < 1.29 is 4.79 Å². The average molecular weight is 286 g/mol. The Bertz CT molecular complexity index is 476. The number of benzene rings is 1. The molecule has 0 saturated carbocycles. The molecule has 1 aliphatic rings. The van der Waals surface area contributed by atoms with Crippen molar-refractivity contribution in [2.24, 2.45) is 0 Å². The quantitative estimate of drug-likeness (QED) is 0.566. The standard InChI is InChI=1S/C18H26N2O/c1-2-3-4-5-6-7-8-15-9-11-16(12-10-15)13-17-14-19-20-18(17)21/h9-13,19H,2-8,14H2,1H3,(H,20,21)/b17-13+. The lowest BCUT2D eigenvalue weighted by atomic mass is 10.0. The fraction of sp³-hybridized carbons (Fsp3) is 0.500. The predicted molar refractivity (Wildman–Crippen MR) is 87.6 cm³/mol. The minimum atomic E-state index is -0.0221. The van der Waals surface area contributed by atoms with Gasteiger partial charge in [0.15, 0.2) is 0 Å². The first-order valence-electron chi connectivity index (χ1n) is 8.12. The van der Waals surface area contributed by atoms with Crippen molar-refractivity contribution in [3.05, 3.63) is 41.0 Å². The highest BCUT2D eigenvalue weighted by molar-refractivity contribution is 5.99. The molecule has 1 aromatic rings. The summed E-state index contributed by atoms with van der Waals surface area (Å²) in [5.74, 6) is -0.0221. The zero-order valence-corrected chi connectivity index (χ0v) is 13.0. The molecule has 1 amide bonds. The fourth-order valence-electron chi connectivity index (χ4n) is 2.59. The smallest absolute Gasteiger partial charge is 0.262 e. The Morgan fingerprint density at radius 3 is 2.43 bits per heavy atom. The number of carbonyl (C=O) groups is 1. The molecule has 1 fully saturated rings. The van der Waals surface area contributed by atoms with E-state index in [1.54, 1.807) is 0 Å². The van der Waals surface area contributed by atoms with Gasteiger partial charge in [-0.3, -0.25) is 10.2 Å². The summed E-state index contributed by atoms with van der Waals surface area (Å²) >= 11 is 0. The predicted octanol–water partition coefficient (Wildman–Crippen LogP) is 3.61. The summed E-state index contributed by atoms with van der Waals surface area (Å²) in [6.45, 7) is 2.85. The molecule has 0 aromatic heterocycles. The number of hydrogen-bond donors (Lipinski definition) is 2. The highest BCUT2D eigenvalue weighted by Gasteiger charge is 2.14. The lowest BCUT2D eigenvalue weighted by molar-refractivity contribution is -0.116. The van der Waals surface area contributed by atoms with Crippen molar-refractivity contribution in [1.82, 2.24) is 10.9 Å². The van der Waals surface area contributed by atoms with Crippen molar-refractivity contribution in [2.75, 3.05) is 6.54 Å². The van der Waals surface area contributed by atoms with Gasteiger partial charge in [-0.05, 0) is 30.0 Å². The van der Waals surface area contributed by atoms with E-state index < -0.39 is 0 Å². The molecule has 0 radical (unpaired) electrons. The lowest BCUT2D eigenvalue weighted by Gasteiger charge is -2.03. The second-order valence-corrected chi connectivity index (χ2v) is 5.74. The number of nitrogens with one attached hydrogen (secondary N) is 2. The minimum absolute atomic E-state index is 0.0221. The van der Waals surface area contributed by atoms with Crippen LogP contribution < -0.4 is 10.9 Å². The molecule has 0 atom stereocenters. The molecule has 3 heteroatoms. The molecule has 3 nitrogen and oxygen atoms in total. The SMILES string of the molecule is CCCCCCCCc1ccc(/C=C2\CNNC2=O)cc1. The third-order valence-corrected chi connectivity index (χ3v) is 3.91. The van der Waals surface area contributed by atoms with E-state index >= 15 is 0 Å². The van der Waals surface area contributed by atoms with E-state index in [0.717, 1.165) is 17.6 Å². The highest BCUT2D eigenvalue weighted by Crippen LogP contribution is 2.13. The van der Waals surface area contributed by atoms with Crippen molar-refractivity contribution in [3.63, 3.8) is 0 Å². The minimum Gasteiger partial charge on any atom is -0.287 e. The summed E-state index contributed by atoms with van der Waals surface area (Å²) in [6.07, 6.45) is 11.1. The summed E-state index contributed by atoms with van der Waals surface area (Å²) < 4.78 is 0. The number of hydrazine groups is 1. The topological polar surface area (TPSA) is 41.1 Å². The van der Waals surface area contributed by atoms with E-state index in [1.807, 2.05) is 6.08 Å². The van der Waals surface area contributed by atoms with Crippen molar-refractivity contribution in [2.45, 2.75) is 51.9 Å². The molecule has 21 heavy (non-hydrogen) atoms. The van der Waals surface area contributed by atoms with Crippen LogP contribution in [0.5, 0.6) is 0 Å². The van der Waals surface area contributed by atoms with Crippen LogP contribution in [0.25, 0.3) is 6.08 Å². The fourth-order valence-corrected chi connectivity index (χ4v) is 2.59. The van der Waals surface area contributed by atoms with Gasteiger partial charge in [-0.15, -0.1) is 0 Å². The van der Waals surface area contributed by atoms with Crippen molar-refractivity contribution >= 4 is 12.0 Å². The van der Waals surface area contributed by atoms with Gasteiger partial charge >= 0.3 is 0 Å². The third-order valence-electron chi connectivity index (χ3n) is 3.91. The van der Waals surface area contributed by atoms with Crippen LogP contribution in [0.3, 0.4) is 0 Å². The third kappa shape index (κ3) is 5.35. The van der Waals surface area contributed by atoms with Crippen LogP contribution in [0.1, 0.15) is 56.6 Å². The van der Waals surface area contributed by atoms with Gasteiger partial charge in [-0.25, -0.2) is 5.43 Å². The number of hydrogen-bond acceptors (Lipinski definition) is 2. The molecule has 0 spiro atoms. The Morgan fingerprint density at radius 2 is 1.76 bits per heavy atom. The van der Waals surface area contributed by atoms with Crippen LogP contribution in [0.2, 0.25) is 0 Å². The molecular formula is C18H26N2O. The molecule has 2 N–H and O–H groups in total. The summed E-state index contributed by atoms with van der Waals surface area (Å²) in [6, 6.07) is 8.56. The van der Waals surface area contributed by atoms with Gasteiger partial charge < -0.3 is 0 Å². The molecule has 0 aliphatic carbocycles. The maximum Gasteiger partial charge on any atom is 0.262 e. The molecule has 0 unspecified atom stereocenters. The number of rotatable bonds is 8. The first-order chi connectivity index (χ1) is 10.3. The first-order valence-corrected chi connectivity index (χ1v) is 8.12. The van der Waals surface area contributed by atoms with Gasteiger partial charge in [-0.1, -0.05) is 63.3 Å². The Labute approximate surface area is 127 Å². The van der Waals surface area contributed by atoms with E-state index in [-0.39, 0.29) is 5.91 Å². The summed E-state index contributed by atoms with van der Waals surface area (Å²) in [5.41, 5.74) is 8.70. The summed E-state index contributed by atoms with van der Waals surface area (Å²) in [5, 5.41) is 0. The van der Waals surface area contributed by atoms with Gasteiger partial charge in [0, 0.05) is 12.1 Å². The average Bonchev–Trinajstić information content (AvgIpc) is 2.90. The zero-order valence-electron chi connectivity index (χ0n) is 13.0.